The molecule has 0 saturated carbocycles. The van der Waals surface area contributed by atoms with Crippen molar-refractivity contribution >= 4 is 77.7 Å². The zero-order valence-corrected chi connectivity index (χ0v) is 38.4. The zero-order valence-electron chi connectivity index (χ0n) is 37.5. The number of nitrogens with zero attached hydrogens (tertiary/aromatic N) is 1. The van der Waals surface area contributed by atoms with Crippen molar-refractivity contribution in [3.8, 4) is 5.75 Å². The van der Waals surface area contributed by atoms with E-state index in [-0.39, 0.29) is 68.4 Å². The van der Waals surface area contributed by atoms with E-state index in [1.54, 1.807) is 13.8 Å². The Morgan fingerprint density at radius 2 is 1.01 bits per heavy atom. The number of phenolic OH excluding ortho intramolecular Hbond substituents is 1. The first-order chi connectivity index (χ1) is 31.4. The highest BCUT2D eigenvalue weighted by Gasteiger charge is 2.34. The van der Waals surface area contributed by atoms with Crippen LogP contribution in [0.5, 0.6) is 5.75 Å². The Balaban J connectivity index is 3.50. The Morgan fingerprint density at radius 1 is 0.597 bits per heavy atom. The van der Waals surface area contributed by atoms with E-state index >= 15 is 0 Å². The van der Waals surface area contributed by atoms with Gasteiger partial charge < -0.3 is 81.2 Å². The van der Waals surface area contributed by atoms with Crippen LogP contribution < -0.4 is 65.9 Å². The number of aromatic hydroxyl groups is 1. The number of carbonyl (C=O) groups is 10. The van der Waals surface area contributed by atoms with Crippen LogP contribution in [0.4, 0.5) is 0 Å². The smallest absolute Gasteiger partial charge is 0.326 e. The molecule has 27 heteroatoms. The number of amides is 9. The van der Waals surface area contributed by atoms with Crippen molar-refractivity contribution in [3.05, 3.63) is 29.8 Å². The number of guanidine groups is 1. The van der Waals surface area contributed by atoms with Gasteiger partial charge in [0.1, 0.15) is 48.0 Å². The fourth-order valence-electron chi connectivity index (χ4n) is 5.98. The summed E-state index contributed by atoms with van der Waals surface area (Å²) in [7, 11) is 0. The number of thiol groups is 1. The van der Waals surface area contributed by atoms with E-state index in [4.69, 9.17) is 28.7 Å². The SMILES string of the molecule is CC(C)C[C@H](NC(=O)[C@H](CCC(N)=O)NC(=O)[C@H](CS)NC(=O)[C@H](CO)NC(=O)[C@H](C)N)C(=O)N[C@@H](Cc1ccc(O)cc1)C(=O)N[C@@H](CCC(N)=O)C(=O)N[C@@H](CCCN=C(N)N)C(=O)O. The Morgan fingerprint density at radius 3 is 1.46 bits per heavy atom. The molecule has 1 rings (SSSR count). The average molecular weight is 968 g/mol. The monoisotopic (exact) mass is 967 g/mol. The molecule has 0 fully saturated rings. The van der Waals surface area contributed by atoms with E-state index in [2.05, 4.69) is 54.8 Å². The van der Waals surface area contributed by atoms with Crippen LogP contribution in [0.3, 0.4) is 0 Å². The second-order valence-corrected chi connectivity index (χ2v) is 16.2. The Kier molecular flexibility index (Phi) is 25.9. The molecule has 67 heavy (non-hydrogen) atoms. The molecular weight excluding hydrogens is 903 g/mol. The molecule has 26 nitrogen and oxygen atoms in total. The Labute approximate surface area is 391 Å². The lowest BCUT2D eigenvalue weighted by atomic mass is 9.99. The number of aliphatic imine (C=N–C) groups is 1. The van der Waals surface area contributed by atoms with Gasteiger partial charge in [-0.1, -0.05) is 26.0 Å². The summed E-state index contributed by atoms with van der Waals surface area (Å²) < 4.78 is 0. The van der Waals surface area contributed by atoms with Crippen molar-refractivity contribution in [2.24, 2.45) is 39.6 Å². The number of benzene rings is 1. The number of carboxylic acids is 1. The molecule has 0 aliphatic heterocycles. The zero-order chi connectivity index (χ0) is 51.0. The van der Waals surface area contributed by atoms with Crippen LogP contribution in [0.2, 0.25) is 0 Å². The fraction of sp³-hybridized carbons (Fsp3) is 0.575. The van der Waals surface area contributed by atoms with Crippen molar-refractivity contribution in [1.29, 1.82) is 0 Å². The number of aliphatic hydroxyl groups is 1. The second kappa shape index (κ2) is 29.7. The van der Waals surface area contributed by atoms with Crippen LogP contribution in [0.25, 0.3) is 0 Å². The molecule has 0 aliphatic carbocycles. The standard InChI is InChI=1S/C40H65N13O13S/c1-19(2)15-26(50-34(60)24(11-13-31(43)57)48-38(64)29(18-67)53-37(63)28(17-54)52-32(58)20(3)41)35(61)51-27(16-21-6-8-22(55)9-7-21)36(62)47-23(10-12-30(42)56)33(59)49-25(39(65)66)5-4-14-46-40(44)45/h6-9,19-20,23-29,54-55,67H,4-5,10-18,41H2,1-3H3,(H2,42,56)(H2,43,57)(H,47,62)(H,48,64)(H,49,59)(H,50,60)(H,51,61)(H,52,58)(H,53,63)(H,65,66)(H4,44,45,46)/t20-,23-,24-,25-,26-,27-,28-,29-/m0/s1. The molecule has 0 heterocycles. The first kappa shape index (κ1) is 58.3. The third-order valence-corrected chi connectivity index (χ3v) is 9.94. The van der Waals surface area contributed by atoms with Crippen LogP contribution in [0, 0.1) is 5.92 Å². The van der Waals surface area contributed by atoms with Gasteiger partial charge in [0.05, 0.1) is 12.6 Å². The number of aliphatic carboxylic acids is 1. The number of carboxylic acid groups (broad SMARTS) is 1. The summed E-state index contributed by atoms with van der Waals surface area (Å²) in [6.45, 7) is 3.94. The summed E-state index contributed by atoms with van der Waals surface area (Å²) in [5, 5.41) is 46.1. The molecule has 0 saturated heterocycles. The fourth-order valence-corrected chi connectivity index (χ4v) is 6.23. The van der Waals surface area contributed by atoms with Gasteiger partial charge >= 0.3 is 5.97 Å². The van der Waals surface area contributed by atoms with E-state index < -0.39 is 127 Å². The van der Waals surface area contributed by atoms with Gasteiger partial charge in [-0.15, -0.1) is 0 Å². The number of phenols is 1. The van der Waals surface area contributed by atoms with Gasteiger partial charge in [-0.05, 0) is 62.6 Å². The van der Waals surface area contributed by atoms with Crippen LogP contribution in [-0.4, -0.2) is 148 Å². The third-order valence-electron chi connectivity index (χ3n) is 9.58. The van der Waals surface area contributed by atoms with E-state index in [0.29, 0.717) is 5.56 Å². The van der Waals surface area contributed by atoms with E-state index in [1.807, 2.05) is 0 Å². The number of hydrogen-bond acceptors (Lipinski definition) is 15. The van der Waals surface area contributed by atoms with E-state index in [1.165, 1.54) is 31.2 Å². The summed E-state index contributed by atoms with van der Waals surface area (Å²) in [5.74, 6) is -10.8. The Bertz CT molecular complexity index is 1920. The van der Waals surface area contributed by atoms with Gasteiger partial charge in [-0.2, -0.15) is 12.6 Å². The van der Waals surface area contributed by atoms with Crippen molar-refractivity contribution in [2.45, 2.75) is 120 Å². The molecule has 374 valence electrons. The van der Waals surface area contributed by atoms with Crippen molar-refractivity contribution in [3.63, 3.8) is 0 Å². The van der Waals surface area contributed by atoms with Gasteiger partial charge in [0.15, 0.2) is 5.96 Å². The highest BCUT2D eigenvalue weighted by atomic mass is 32.1. The predicted molar refractivity (Wildman–Crippen MR) is 244 cm³/mol. The maximum atomic E-state index is 14.1. The highest BCUT2D eigenvalue weighted by molar-refractivity contribution is 7.80. The molecule has 0 unspecified atom stereocenters. The molecule has 9 amide bonds. The lowest BCUT2D eigenvalue weighted by Gasteiger charge is -2.28. The lowest BCUT2D eigenvalue weighted by molar-refractivity contribution is -0.142. The van der Waals surface area contributed by atoms with Crippen LogP contribution >= 0.6 is 12.6 Å². The lowest BCUT2D eigenvalue weighted by Crippen LogP contribution is -2.61. The van der Waals surface area contributed by atoms with E-state index in [9.17, 15) is 63.3 Å². The summed E-state index contributed by atoms with van der Waals surface area (Å²) in [6.07, 6.45) is -1.96. The maximum absolute atomic E-state index is 14.1. The number of carbonyl (C=O) groups excluding carboxylic acids is 9. The summed E-state index contributed by atoms with van der Waals surface area (Å²) >= 11 is 4.10. The minimum absolute atomic E-state index is 0.0464. The number of aliphatic hydroxyl groups excluding tert-OH is 1. The van der Waals surface area contributed by atoms with Gasteiger partial charge in [0.2, 0.25) is 53.2 Å². The maximum Gasteiger partial charge on any atom is 0.326 e. The molecule has 0 aromatic heterocycles. The quantitative estimate of drug-likeness (QED) is 0.0143. The third kappa shape index (κ3) is 22.8. The van der Waals surface area contributed by atoms with Crippen LogP contribution in [0.15, 0.2) is 29.3 Å². The van der Waals surface area contributed by atoms with E-state index in [0.717, 1.165) is 0 Å². The first-order valence-electron chi connectivity index (χ1n) is 21.1. The number of nitrogens with two attached hydrogens (primary N) is 5. The van der Waals surface area contributed by atoms with Crippen molar-refractivity contribution in [1.82, 2.24) is 37.2 Å². The topological polar surface area (TPSA) is 458 Å². The molecule has 20 N–H and O–H groups in total. The second-order valence-electron chi connectivity index (χ2n) is 15.9. The highest BCUT2D eigenvalue weighted by Crippen LogP contribution is 2.14. The minimum Gasteiger partial charge on any atom is -0.508 e. The van der Waals surface area contributed by atoms with Gasteiger partial charge in [0, 0.05) is 31.6 Å². The number of primary amides is 2. The Hall–Kier alpha value is -6.74. The number of nitrogens with one attached hydrogen (secondary N) is 7. The normalized spacial score (nSPS) is 14.5. The largest absolute Gasteiger partial charge is 0.508 e. The average Bonchev–Trinajstić information content (AvgIpc) is 3.24. The van der Waals surface area contributed by atoms with Crippen molar-refractivity contribution in [2.75, 3.05) is 18.9 Å². The first-order valence-corrected chi connectivity index (χ1v) is 21.7. The molecule has 0 spiro atoms. The van der Waals surface area contributed by atoms with Gasteiger partial charge in [-0.3, -0.25) is 48.1 Å². The number of rotatable bonds is 31. The molecular formula is C40H65N13O13S. The minimum atomic E-state index is -1.56. The predicted octanol–water partition coefficient (Wildman–Crippen LogP) is -5.69. The summed E-state index contributed by atoms with van der Waals surface area (Å²) in [6, 6.07) is -6.06. The van der Waals surface area contributed by atoms with Crippen LogP contribution in [-0.2, 0) is 54.4 Å². The van der Waals surface area contributed by atoms with Crippen LogP contribution in [0.1, 0.15) is 71.3 Å². The number of hydrogen-bond donors (Lipinski definition) is 16. The molecule has 0 radical (unpaired) electrons. The van der Waals surface area contributed by atoms with Gasteiger partial charge in [0.25, 0.3) is 0 Å². The van der Waals surface area contributed by atoms with Crippen molar-refractivity contribution < 1.29 is 63.3 Å². The summed E-state index contributed by atoms with van der Waals surface area (Å²) in [4.78, 5) is 133. The molecule has 1 aromatic carbocycles. The van der Waals surface area contributed by atoms with Gasteiger partial charge in [-0.25, -0.2) is 4.79 Å². The molecule has 1 aromatic rings. The molecule has 0 aliphatic rings. The molecule has 8 atom stereocenters. The summed E-state index contributed by atoms with van der Waals surface area (Å²) in [5.41, 5.74) is 27.2. The molecule has 0 bridgehead atoms.